The lowest BCUT2D eigenvalue weighted by Crippen LogP contribution is -2.25. The molecule has 1 fully saturated rings. The summed E-state index contributed by atoms with van der Waals surface area (Å²) in [7, 11) is 0. The number of hydrogen-bond donors (Lipinski definition) is 0. The molecule has 0 saturated carbocycles. The molecule has 0 bridgehead atoms. The summed E-state index contributed by atoms with van der Waals surface area (Å²) >= 11 is 0. The van der Waals surface area contributed by atoms with Gasteiger partial charge in [0.05, 0.1) is 5.69 Å². The van der Waals surface area contributed by atoms with Crippen LogP contribution in [0.5, 0.6) is 0 Å². The van der Waals surface area contributed by atoms with Gasteiger partial charge < -0.3 is 4.90 Å². The Kier molecular flexibility index (Phi) is 4.59. The molecule has 1 aromatic rings. The van der Waals surface area contributed by atoms with E-state index >= 15 is 0 Å². The standard InChI is InChI=1S/C16H24N4/c1-5-13(6-2)14-7-8-20(10-14)16-15(9-17)11(3)12(4)18-19-16/h13-14H,5-8,10H2,1-4H3. The van der Waals surface area contributed by atoms with Crippen LogP contribution in [0.3, 0.4) is 0 Å². The van der Waals surface area contributed by atoms with Crippen LogP contribution in [0.4, 0.5) is 5.82 Å². The second kappa shape index (κ2) is 6.21. The number of nitriles is 1. The van der Waals surface area contributed by atoms with Gasteiger partial charge in [-0.25, -0.2) is 0 Å². The molecule has 1 aromatic heterocycles. The third-order valence-corrected chi connectivity index (χ3v) is 4.79. The van der Waals surface area contributed by atoms with Gasteiger partial charge in [-0.05, 0) is 37.7 Å². The van der Waals surface area contributed by atoms with Crippen LogP contribution in [-0.4, -0.2) is 23.3 Å². The number of rotatable bonds is 4. The summed E-state index contributed by atoms with van der Waals surface area (Å²) in [5.41, 5.74) is 2.51. The average Bonchev–Trinajstić information content (AvgIpc) is 2.92. The van der Waals surface area contributed by atoms with Gasteiger partial charge in [0.1, 0.15) is 11.6 Å². The molecule has 1 saturated heterocycles. The number of hydrogen-bond acceptors (Lipinski definition) is 4. The van der Waals surface area contributed by atoms with Crippen LogP contribution in [0.2, 0.25) is 0 Å². The number of nitrogens with zero attached hydrogens (tertiary/aromatic N) is 4. The van der Waals surface area contributed by atoms with Crippen LogP contribution in [0.15, 0.2) is 0 Å². The van der Waals surface area contributed by atoms with Crippen molar-refractivity contribution in [2.75, 3.05) is 18.0 Å². The summed E-state index contributed by atoms with van der Waals surface area (Å²) in [4.78, 5) is 2.25. The predicted octanol–water partition coefficient (Wildman–Crippen LogP) is 3.23. The Bertz CT molecular complexity index is 514. The minimum atomic E-state index is 0.697. The monoisotopic (exact) mass is 272 g/mol. The summed E-state index contributed by atoms with van der Waals surface area (Å²) < 4.78 is 0. The summed E-state index contributed by atoms with van der Waals surface area (Å²) in [5, 5.41) is 17.9. The summed E-state index contributed by atoms with van der Waals surface area (Å²) in [5.74, 6) is 2.29. The van der Waals surface area contributed by atoms with Crippen molar-refractivity contribution in [2.45, 2.75) is 47.0 Å². The van der Waals surface area contributed by atoms with Crippen molar-refractivity contribution in [3.63, 3.8) is 0 Å². The van der Waals surface area contributed by atoms with E-state index in [4.69, 9.17) is 0 Å². The van der Waals surface area contributed by atoms with E-state index in [-0.39, 0.29) is 0 Å². The highest BCUT2D eigenvalue weighted by Crippen LogP contribution is 2.32. The molecule has 0 amide bonds. The highest BCUT2D eigenvalue weighted by molar-refractivity contribution is 5.58. The third-order valence-electron chi connectivity index (χ3n) is 4.79. The topological polar surface area (TPSA) is 52.8 Å². The van der Waals surface area contributed by atoms with Gasteiger partial charge in [-0.2, -0.15) is 10.4 Å². The molecule has 2 heterocycles. The van der Waals surface area contributed by atoms with Gasteiger partial charge in [-0.1, -0.05) is 26.7 Å². The Labute approximate surface area is 121 Å². The van der Waals surface area contributed by atoms with E-state index in [0.29, 0.717) is 5.56 Å². The molecular formula is C16H24N4. The maximum absolute atomic E-state index is 9.41. The maximum atomic E-state index is 9.41. The summed E-state index contributed by atoms with van der Waals surface area (Å²) in [6.07, 6.45) is 3.67. The fourth-order valence-corrected chi connectivity index (χ4v) is 3.27. The van der Waals surface area contributed by atoms with E-state index in [1.807, 2.05) is 13.8 Å². The highest BCUT2D eigenvalue weighted by atomic mass is 15.3. The molecule has 0 radical (unpaired) electrons. The second-order valence-corrected chi connectivity index (χ2v) is 5.79. The van der Waals surface area contributed by atoms with Crippen molar-refractivity contribution in [2.24, 2.45) is 11.8 Å². The zero-order valence-electron chi connectivity index (χ0n) is 13.0. The number of aryl methyl sites for hydroxylation is 1. The lowest BCUT2D eigenvalue weighted by Gasteiger charge is -2.22. The average molecular weight is 272 g/mol. The normalized spacial score (nSPS) is 18.6. The Balaban J connectivity index is 2.23. The van der Waals surface area contributed by atoms with Gasteiger partial charge in [0.2, 0.25) is 0 Å². The van der Waals surface area contributed by atoms with Gasteiger partial charge in [0.25, 0.3) is 0 Å². The molecule has 4 nitrogen and oxygen atoms in total. The largest absolute Gasteiger partial charge is 0.354 e. The summed E-state index contributed by atoms with van der Waals surface area (Å²) in [6, 6.07) is 2.31. The molecular weight excluding hydrogens is 248 g/mol. The minimum absolute atomic E-state index is 0.697. The van der Waals surface area contributed by atoms with E-state index < -0.39 is 0 Å². The first-order valence-electron chi connectivity index (χ1n) is 7.61. The van der Waals surface area contributed by atoms with E-state index in [1.54, 1.807) is 0 Å². The molecule has 1 atom stereocenters. The van der Waals surface area contributed by atoms with Crippen LogP contribution in [0.1, 0.15) is 49.9 Å². The lowest BCUT2D eigenvalue weighted by molar-refractivity contribution is 0.339. The van der Waals surface area contributed by atoms with Gasteiger partial charge in [-0.15, -0.1) is 5.10 Å². The fraction of sp³-hybridized carbons (Fsp3) is 0.688. The van der Waals surface area contributed by atoms with Crippen molar-refractivity contribution in [3.8, 4) is 6.07 Å². The van der Waals surface area contributed by atoms with Crippen molar-refractivity contribution in [1.29, 1.82) is 5.26 Å². The quantitative estimate of drug-likeness (QED) is 0.844. The van der Waals surface area contributed by atoms with Crippen LogP contribution >= 0.6 is 0 Å². The van der Waals surface area contributed by atoms with E-state index in [9.17, 15) is 5.26 Å². The third kappa shape index (κ3) is 2.63. The molecule has 0 spiro atoms. The molecule has 108 valence electrons. The Morgan fingerprint density at radius 1 is 1.30 bits per heavy atom. The first-order chi connectivity index (χ1) is 9.62. The van der Waals surface area contributed by atoms with Gasteiger partial charge >= 0.3 is 0 Å². The maximum Gasteiger partial charge on any atom is 0.169 e. The zero-order valence-corrected chi connectivity index (χ0v) is 13.0. The zero-order chi connectivity index (χ0) is 14.7. The molecule has 1 aliphatic rings. The van der Waals surface area contributed by atoms with Crippen molar-refractivity contribution in [1.82, 2.24) is 10.2 Å². The molecule has 0 N–H and O–H groups in total. The smallest absolute Gasteiger partial charge is 0.169 e. The molecule has 1 unspecified atom stereocenters. The second-order valence-electron chi connectivity index (χ2n) is 5.79. The fourth-order valence-electron chi connectivity index (χ4n) is 3.27. The number of aromatic nitrogens is 2. The van der Waals surface area contributed by atoms with Gasteiger partial charge in [0, 0.05) is 13.1 Å². The number of anilines is 1. The minimum Gasteiger partial charge on any atom is -0.354 e. The van der Waals surface area contributed by atoms with Crippen LogP contribution in [0.25, 0.3) is 0 Å². The predicted molar refractivity (Wildman–Crippen MR) is 80.6 cm³/mol. The molecule has 20 heavy (non-hydrogen) atoms. The van der Waals surface area contributed by atoms with Crippen molar-refractivity contribution < 1.29 is 0 Å². The van der Waals surface area contributed by atoms with Crippen molar-refractivity contribution in [3.05, 3.63) is 16.8 Å². The van der Waals surface area contributed by atoms with E-state index in [1.165, 1.54) is 19.3 Å². The van der Waals surface area contributed by atoms with E-state index in [0.717, 1.165) is 42.0 Å². The SMILES string of the molecule is CCC(CC)C1CCN(c2nnc(C)c(C)c2C#N)C1. The van der Waals surface area contributed by atoms with Gasteiger partial charge in [0.15, 0.2) is 5.82 Å². The first kappa shape index (κ1) is 14.8. The molecule has 1 aliphatic heterocycles. The molecule has 2 rings (SSSR count). The van der Waals surface area contributed by atoms with Gasteiger partial charge in [-0.3, -0.25) is 0 Å². The lowest BCUT2D eigenvalue weighted by atomic mass is 9.87. The first-order valence-corrected chi connectivity index (χ1v) is 7.61. The van der Waals surface area contributed by atoms with Crippen molar-refractivity contribution >= 4 is 5.82 Å². The van der Waals surface area contributed by atoms with Crippen LogP contribution in [0, 0.1) is 37.0 Å². The summed E-state index contributed by atoms with van der Waals surface area (Å²) in [6.45, 7) is 10.4. The highest BCUT2D eigenvalue weighted by Gasteiger charge is 2.30. The Morgan fingerprint density at radius 2 is 2.00 bits per heavy atom. The Hall–Kier alpha value is -1.63. The molecule has 0 aromatic carbocycles. The van der Waals surface area contributed by atoms with E-state index in [2.05, 4.69) is 35.0 Å². The van der Waals surface area contributed by atoms with Crippen LogP contribution in [-0.2, 0) is 0 Å². The Morgan fingerprint density at radius 3 is 2.60 bits per heavy atom. The molecule has 4 heteroatoms. The molecule has 0 aliphatic carbocycles. The van der Waals surface area contributed by atoms with Crippen LogP contribution < -0.4 is 4.90 Å².